The summed E-state index contributed by atoms with van der Waals surface area (Å²) in [7, 11) is 0. The van der Waals surface area contributed by atoms with Gasteiger partial charge in [-0.1, -0.05) is 0 Å². The zero-order valence-electron chi connectivity index (χ0n) is 15.1. The quantitative estimate of drug-likeness (QED) is 0.876. The summed E-state index contributed by atoms with van der Waals surface area (Å²) >= 11 is 0. The van der Waals surface area contributed by atoms with E-state index in [-0.39, 0.29) is 17.9 Å². The predicted molar refractivity (Wildman–Crippen MR) is 96.6 cm³/mol. The van der Waals surface area contributed by atoms with E-state index in [0.29, 0.717) is 11.5 Å². The molecule has 5 rings (SSSR count). The van der Waals surface area contributed by atoms with Crippen molar-refractivity contribution in [3.63, 3.8) is 0 Å². The number of carbonyl (C=O) groups is 2. The minimum Gasteiger partial charge on any atom is -0.486 e. The molecule has 0 aromatic heterocycles. The summed E-state index contributed by atoms with van der Waals surface area (Å²) in [6.45, 7) is 3.60. The summed E-state index contributed by atoms with van der Waals surface area (Å²) in [6, 6.07) is 5.55. The first kappa shape index (κ1) is 16.6. The van der Waals surface area contributed by atoms with Gasteiger partial charge in [0, 0.05) is 18.0 Å². The van der Waals surface area contributed by atoms with Crippen LogP contribution in [0, 0.1) is 30.1 Å². The molecular weight excluding hydrogens is 314 g/mol. The van der Waals surface area contributed by atoms with Crippen LogP contribution in [0.3, 0.4) is 0 Å². The minimum atomic E-state index is -0.0973. The predicted octanol–water partition coefficient (Wildman–Crippen LogP) is 4.12. The molecule has 25 heavy (non-hydrogen) atoms. The molecule has 1 amide bonds. The van der Waals surface area contributed by atoms with Crippen molar-refractivity contribution >= 4 is 17.4 Å². The number of ketones is 1. The molecule has 134 valence electrons. The van der Waals surface area contributed by atoms with E-state index in [1.165, 1.54) is 26.2 Å². The summed E-state index contributed by atoms with van der Waals surface area (Å²) < 4.78 is 5.84. The highest BCUT2D eigenvalue weighted by Gasteiger charge is 2.54. The van der Waals surface area contributed by atoms with Crippen LogP contribution in [-0.4, -0.2) is 18.3 Å². The summed E-state index contributed by atoms with van der Waals surface area (Å²) in [6.07, 6.45) is 7.29. The lowest BCUT2D eigenvalue weighted by Crippen LogP contribution is -2.51. The van der Waals surface area contributed by atoms with Gasteiger partial charge in [0.05, 0.1) is 0 Å². The minimum absolute atomic E-state index is 0.0891. The van der Waals surface area contributed by atoms with Crippen molar-refractivity contribution in [1.82, 2.24) is 0 Å². The molecule has 1 N–H and O–H groups in total. The Morgan fingerprint density at radius 2 is 1.72 bits per heavy atom. The molecule has 4 nitrogen and oxygen atoms in total. The molecule has 0 atom stereocenters. The third-order valence-electron chi connectivity index (χ3n) is 6.51. The summed E-state index contributed by atoms with van der Waals surface area (Å²) in [5.74, 6) is 3.23. The van der Waals surface area contributed by atoms with Crippen molar-refractivity contribution in [3.05, 3.63) is 23.8 Å². The van der Waals surface area contributed by atoms with Crippen LogP contribution in [0.1, 0.15) is 51.0 Å². The van der Waals surface area contributed by atoms with Crippen molar-refractivity contribution in [3.8, 4) is 5.75 Å². The SMILES string of the molecule is CC(=O)Nc1ccc(OCC(=O)C23CC4CC(CC(C4)C2)C3)cc1C. The summed E-state index contributed by atoms with van der Waals surface area (Å²) in [4.78, 5) is 24.2. The zero-order valence-corrected chi connectivity index (χ0v) is 15.1. The lowest BCUT2D eigenvalue weighted by molar-refractivity contribution is -0.146. The number of nitrogens with one attached hydrogen (secondary N) is 1. The lowest BCUT2D eigenvalue weighted by atomic mass is 9.48. The number of ether oxygens (including phenoxy) is 1. The van der Waals surface area contributed by atoms with E-state index in [1.54, 1.807) is 0 Å². The van der Waals surface area contributed by atoms with Crippen LogP contribution >= 0.6 is 0 Å². The van der Waals surface area contributed by atoms with Gasteiger partial charge in [-0.2, -0.15) is 0 Å². The number of anilines is 1. The van der Waals surface area contributed by atoms with Crippen LogP contribution in [0.5, 0.6) is 5.75 Å². The van der Waals surface area contributed by atoms with Crippen molar-refractivity contribution < 1.29 is 14.3 Å². The van der Waals surface area contributed by atoms with E-state index in [1.807, 2.05) is 25.1 Å². The molecule has 4 aliphatic rings. The maximum atomic E-state index is 13.0. The lowest BCUT2D eigenvalue weighted by Gasteiger charge is -2.55. The number of rotatable bonds is 5. The topological polar surface area (TPSA) is 55.4 Å². The molecule has 0 aliphatic heterocycles. The van der Waals surface area contributed by atoms with Crippen LogP contribution < -0.4 is 10.1 Å². The van der Waals surface area contributed by atoms with Gasteiger partial charge in [0.15, 0.2) is 5.78 Å². The normalized spacial score (nSPS) is 32.5. The van der Waals surface area contributed by atoms with Crippen LogP contribution in [0.2, 0.25) is 0 Å². The molecule has 0 saturated heterocycles. The average molecular weight is 341 g/mol. The van der Waals surface area contributed by atoms with Gasteiger partial charge in [-0.15, -0.1) is 0 Å². The first-order valence-corrected chi connectivity index (χ1v) is 9.48. The summed E-state index contributed by atoms with van der Waals surface area (Å²) in [5.41, 5.74) is 1.63. The van der Waals surface area contributed by atoms with Gasteiger partial charge in [-0.05, 0) is 87.0 Å². The Hall–Kier alpha value is -1.84. The van der Waals surface area contributed by atoms with Gasteiger partial charge in [0.2, 0.25) is 5.91 Å². The molecule has 0 radical (unpaired) electrons. The fourth-order valence-corrected chi connectivity index (χ4v) is 5.81. The number of hydrogen-bond acceptors (Lipinski definition) is 3. The van der Waals surface area contributed by atoms with Crippen molar-refractivity contribution in [1.29, 1.82) is 0 Å². The average Bonchev–Trinajstić information content (AvgIpc) is 2.53. The first-order chi connectivity index (χ1) is 11.9. The van der Waals surface area contributed by atoms with E-state index < -0.39 is 0 Å². The van der Waals surface area contributed by atoms with E-state index in [4.69, 9.17) is 4.74 Å². The Labute approximate surface area is 149 Å². The summed E-state index contributed by atoms with van der Waals surface area (Å²) in [5, 5.41) is 2.79. The number of Topliss-reactive ketones (excluding diaryl/α,β-unsaturated/α-hetero) is 1. The van der Waals surface area contributed by atoms with Gasteiger partial charge in [-0.25, -0.2) is 0 Å². The van der Waals surface area contributed by atoms with E-state index in [9.17, 15) is 9.59 Å². The fourth-order valence-electron chi connectivity index (χ4n) is 5.81. The van der Waals surface area contributed by atoms with Crippen molar-refractivity contribution in [2.45, 2.75) is 52.4 Å². The highest BCUT2D eigenvalue weighted by molar-refractivity contribution is 5.89. The smallest absolute Gasteiger partial charge is 0.221 e. The van der Waals surface area contributed by atoms with Crippen LogP contribution in [0.15, 0.2) is 18.2 Å². The van der Waals surface area contributed by atoms with E-state index in [0.717, 1.165) is 48.3 Å². The highest BCUT2D eigenvalue weighted by Crippen LogP contribution is 2.60. The van der Waals surface area contributed by atoms with Crippen LogP contribution in [0.4, 0.5) is 5.69 Å². The van der Waals surface area contributed by atoms with Gasteiger partial charge < -0.3 is 10.1 Å². The van der Waals surface area contributed by atoms with Gasteiger partial charge in [0.25, 0.3) is 0 Å². The largest absolute Gasteiger partial charge is 0.486 e. The van der Waals surface area contributed by atoms with E-state index in [2.05, 4.69) is 5.32 Å². The number of hydrogen-bond donors (Lipinski definition) is 1. The molecule has 4 aliphatic carbocycles. The first-order valence-electron chi connectivity index (χ1n) is 9.48. The second kappa shape index (κ2) is 6.15. The van der Waals surface area contributed by atoms with E-state index >= 15 is 0 Å². The molecule has 4 heteroatoms. The second-order valence-electron chi connectivity index (χ2n) is 8.57. The maximum absolute atomic E-state index is 13.0. The maximum Gasteiger partial charge on any atom is 0.221 e. The second-order valence-corrected chi connectivity index (χ2v) is 8.57. The Morgan fingerprint density at radius 3 is 2.24 bits per heavy atom. The third-order valence-corrected chi connectivity index (χ3v) is 6.51. The monoisotopic (exact) mass is 341 g/mol. The molecule has 4 bridgehead atoms. The molecule has 4 fully saturated rings. The Bertz CT molecular complexity index is 674. The Morgan fingerprint density at radius 1 is 1.12 bits per heavy atom. The molecule has 4 saturated carbocycles. The number of benzene rings is 1. The number of aryl methyl sites for hydroxylation is 1. The fraction of sp³-hybridized carbons (Fsp3) is 0.619. The molecule has 0 unspecified atom stereocenters. The number of amides is 1. The van der Waals surface area contributed by atoms with Crippen molar-refractivity contribution in [2.75, 3.05) is 11.9 Å². The standard InChI is InChI=1S/C21H27NO3/c1-13-5-18(3-4-19(13)22-14(2)23)25-12-20(24)21-9-15-6-16(10-21)8-17(7-15)11-21/h3-5,15-17H,6-12H2,1-2H3,(H,22,23). The van der Waals surface area contributed by atoms with Crippen molar-refractivity contribution in [2.24, 2.45) is 23.2 Å². The van der Waals surface area contributed by atoms with Gasteiger partial charge >= 0.3 is 0 Å². The molecule has 0 spiro atoms. The number of carbonyl (C=O) groups excluding carboxylic acids is 2. The Balaban J connectivity index is 1.41. The zero-order chi connectivity index (χ0) is 17.6. The Kier molecular flexibility index (Phi) is 4.09. The van der Waals surface area contributed by atoms with Gasteiger partial charge in [-0.3, -0.25) is 9.59 Å². The molecular formula is C21H27NO3. The van der Waals surface area contributed by atoms with Crippen LogP contribution in [0.25, 0.3) is 0 Å². The third kappa shape index (κ3) is 3.19. The molecule has 0 heterocycles. The van der Waals surface area contributed by atoms with Gasteiger partial charge in [0.1, 0.15) is 12.4 Å². The molecule has 1 aromatic carbocycles. The molecule has 1 aromatic rings. The highest BCUT2D eigenvalue weighted by atomic mass is 16.5. The van der Waals surface area contributed by atoms with Crippen LogP contribution in [-0.2, 0) is 9.59 Å².